The Morgan fingerprint density at radius 3 is 2.17 bits per heavy atom. The molecule has 1 aromatic rings. The predicted molar refractivity (Wildman–Crippen MR) is 96.7 cm³/mol. The van der Waals surface area contributed by atoms with E-state index in [0.29, 0.717) is 18.8 Å². The lowest BCUT2D eigenvalue weighted by molar-refractivity contribution is -0.133. The van der Waals surface area contributed by atoms with Crippen LogP contribution in [0.3, 0.4) is 0 Å². The van der Waals surface area contributed by atoms with Crippen LogP contribution in [0.4, 0.5) is 5.69 Å². The van der Waals surface area contributed by atoms with Crippen molar-refractivity contribution in [3.05, 3.63) is 29.8 Å². The Balaban J connectivity index is 2.25. The summed E-state index contributed by atoms with van der Waals surface area (Å²) in [5.74, 6) is -0.145. The van der Waals surface area contributed by atoms with E-state index in [4.69, 9.17) is 0 Å². The van der Waals surface area contributed by atoms with Gasteiger partial charge in [0, 0.05) is 26.2 Å². The highest BCUT2D eigenvalue weighted by atomic mass is 32.2. The number of aryl methyl sites for hydroxylation is 1. The highest BCUT2D eigenvalue weighted by Crippen LogP contribution is 2.22. The summed E-state index contributed by atoms with van der Waals surface area (Å²) in [7, 11) is -1.54. The first-order valence-electron chi connectivity index (χ1n) is 8.29. The number of piperazine rings is 1. The van der Waals surface area contributed by atoms with E-state index in [2.05, 4.69) is 4.90 Å². The van der Waals surface area contributed by atoms with Crippen molar-refractivity contribution in [1.29, 1.82) is 0 Å². The second kappa shape index (κ2) is 7.53. The van der Waals surface area contributed by atoms with E-state index in [1.165, 1.54) is 4.31 Å². The number of hydrogen-bond acceptors (Lipinski definition) is 4. The van der Waals surface area contributed by atoms with Crippen molar-refractivity contribution in [3.63, 3.8) is 0 Å². The van der Waals surface area contributed by atoms with Crippen LogP contribution in [0.15, 0.2) is 24.3 Å². The molecule has 1 fully saturated rings. The largest absolute Gasteiger partial charge is 0.338 e. The maximum Gasteiger partial charge on any atom is 0.246 e. The number of anilines is 1. The SMILES string of the molecule is CCc1ccc(N([C@@H](C)C(=O)N2CCN(C)CC2)S(C)(=O)=O)cc1. The zero-order valence-electron chi connectivity index (χ0n) is 14.9. The quantitative estimate of drug-likeness (QED) is 0.797. The molecule has 0 unspecified atom stereocenters. The Hall–Kier alpha value is -1.60. The van der Waals surface area contributed by atoms with Gasteiger partial charge in [-0.3, -0.25) is 9.10 Å². The van der Waals surface area contributed by atoms with Gasteiger partial charge in [0.05, 0.1) is 11.9 Å². The van der Waals surface area contributed by atoms with Crippen molar-refractivity contribution in [2.75, 3.05) is 43.8 Å². The molecule has 1 atom stereocenters. The summed E-state index contributed by atoms with van der Waals surface area (Å²) in [6.07, 6.45) is 2.03. The number of rotatable bonds is 5. The molecule has 0 spiro atoms. The molecule has 1 amide bonds. The maximum atomic E-state index is 12.8. The van der Waals surface area contributed by atoms with Gasteiger partial charge < -0.3 is 9.80 Å². The summed E-state index contributed by atoms with van der Waals surface area (Å²) in [6.45, 7) is 6.58. The Bertz CT molecular complexity index is 665. The van der Waals surface area contributed by atoms with Crippen molar-refractivity contribution < 1.29 is 13.2 Å². The van der Waals surface area contributed by atoms with Crippen LogP contribution in [0.5, 0.6) is 0 Å². The summed E-state index contributed by atoms with van der Waals surface area (Å²) < 4.78 is 25.9. The second-order valence-corrected chi connectivity index (χ2v) is 8.24. The van der Waals surface area contributed by atoms with Crippen molar-refractivity contribution in [2.45, 2.75) is 26.3 Å². The van der Waals surface area contributed by atoms with Crippen LogP contribution in [0.2, 0.25) is 0 Å². The monoisotopic (exact) mass is 353 g/mol. The first-order valence-corrected chi connectivity index (χ1v) is 10.1. The lowest BCUT2D eigenvalue weighted by Crippen LogP contribution is -2.54. The lowest BCUT2D eigenvalue weighted by atomic mass is 10.1. The lowest BCUT2D eigenvalue weighted by Gasteiger charge is -2.36. The molecule has 0 aliphatic carbocycles. The molecule has 24 heavy (non-hydrogen) atoms. The van der Waals surface area contributed by atoms with Crippen LogP contribution in [0, 0.1) is 0 Å². The molecule has 0 N–H and O–H groups in total. The number of carbonyl (C=O) groups excluding carboxylic acids is 1. The van der Waals surface area contributed by atoms with Crippen molar-refractivity contribution in [1.82, 2.24) is 9.80 Å². The number of likely N-dealkylation sites (N-methyl/N-ethyl adjacent to an activating group) is 1. The third-order valence-corrected chi connectivity index (χ3v) is 5.72. The molecule has 1 aliphatic heterocycles. The molecular formula is C17H27N3O3S. The van der Waals surface area contributed by atoms with Crippen LogP contribution in [0.1, 0.15) is 19.4 Å². The minimum absolute atomic E-state index is 0.145. The predicted octanol–water partition coefficient (Wildman–Crippen LogP) is 1.18. The summed E-state index contributed by atoms with van der Waals surface area (Å²) >= 11 is 0. The number of carbonyl (C=O) groups is 1. The zero-order chi connectivity index (χ0) is 17.9. The molecule has 7 heteroatoms. The van der Waals surface area contributed by atoms with Gasteiger partial charge >= 0.3 is 0 Å². The fraction of sp³-hybridized carbons (Fsp3) is 0.588. The van der Waals surface area contributed by atoms with E-state index in [-0.39, 0.29) is 5.91 Å². The molecular weight excluding hydrogens is 326 g/mol. The third kappa shape index (κ3) is 4.27. The highest BCUT2D eigenvalue weighted by molar-refractivity contribution is 7.92. The fourth-order valence-electron chi connectivity index (χ4n) is 2.97. The Kier molecular flexibility index (Phi) is 5.87. The fourth-order valence-corrected chi connectivity index (χ4v) is 4.14. The number of hydrogen-bond donors (Lipinski definition) is 0. The van der Waals surface area contributed by atoms with E-state index in [1.54, 1.807) is 24.0 Å². The van der Waals surface area contributed by atoms with Gasteiger partial charge in [-0.2, -0.15) is 0 Å². The van der Waals surface area contributed by atoms with Crippen LogP contribution in [-0.4, -0.2) is 69.6 Å². The highest BCUT2D eigenvalue weighted by Gasteiger charge is 2.32. The van der Waals surface area contributed by atoms with Crippen molar-refractivity contribution >= 4 is 21.6 Å². The minimum Gasteiger partial charge on any atom is -0.338 e. The Morgan fingerprint density at radius 1 is 1.17 bits per heavy atom. The van der Waals surface area contributed by atoms with Gasteiger partial charge in [0.25, 0.3) is 0 Å². The summed E-state index contributed by atoms with van der Waals surface area (Å²) in [5, 5.41) is 0. The maximum absolute atomic E-state index is 12.8. The normalized spacial score (nSPS) is 17.6. The third-order valence-electron chi connectivity index (χ3n) is 4.48. The van der Waals surface area contributed by atoms with Crippen LogP contribution < -0.4 is 4.31 Å². The van der Waals surface area contributed by atoms with Crippen molar-refractivity contribution in [3.8, 4) is 0 Å². The molecule has 0 bridgehead atoms. The molecule has 134 valence electrons. The van der Waals surface area contributed by atoms with Gasteiger partial charge in [0.15, 0.2) is 0 Å². The average molecular weight is 353 g/mol. The molecule has 1 saturated heterocycles. The molecule has 1 aliphatic rings. The van der Waals surface area contributed by atoms with Gasteiger partial charge in [-0.05, 0) is 38.1 Å². The minimum atomic E-state index is -3.56. The molecule has 6 nitrogen and oxygen atoms in total. The van der Waals surface area contributed by atoms with Gasteiger partial charge in [-0.25, -0.2) is 8.42 Å². The van der Waals surface area contributed by atoms with Gasteiger partial charge in [0.2, 0.25) is 15.9 Å². The Labute approximate surface area is 145 Å². The van der Waals surface area contributed by atoms with E-state index in [1.807, 2.05) is 26.1 Å². The van der Waals surface area contributed by atoms with Crippen LogP contribution >= 0.6 is 0 Å². The number of nitrogens with zero attached hydrogens (tertiary/aromatic N) is 3. The topological polar surface area (TPSA) is 60.9 Å². The molecule has 0 saturated carbocycles. The molecule has 0 aromatic heterocycles. The smallest absolute Gasteiger partial charge is 0.246 e. The van der Waals surface area contributed by atoms with E-state index >= 15 is 0 Å². The first-order chi connectivity index (χ1) is 11.2. The number of benzene rings is 1. The summed E-state index contributed by atoms with van der Waals surface area (Å²) in [4.78, 5) is 16.7. The summed E-state index contributed by atoms with van der Waals surface area (Å²) in [6, 6.07) is 6.60. The molecule has 1 heterocycles. The van der Waals surface area contributed by atoms with Gasteiger partial charge in [0.1, 0.15) is 6.04 Å². The van der Waals surface area contributed by atoms with E-state index in [0.717, 1.165) is 31.3 Å². The van der Waals surface area contributed by atoms with Gasteiger partial charge in [-0.15, -0.1) is 0 Å². The van der Waals surface area contributed by atoms with E-state index in [9.17, 15) is 13.2 Å². The van der Waals surface area contributed by atoms with Crippen molar-refractivity contribution in [2.24, 2.45) is 0 Å². The standard InChI is InChI=1S/C17H27N3O3S/c1-5-15-6-8-16(9-7-15)20(24(4,22)23)14(2)17(21)19-12-10-18(3)11-13-19/h6-9,14H,5,10-13H2,1-4H3/t14-/m0/s1. The molecule has 0 radical (unpaired) electrons. The Morgan fingerprint density at radius 2 is 1.71 bits per heavy atom. The molecule has 1 aromatic carbocycles. The van der Waals surface area contributed by atoms with Crippen LogP contribution in [0.25, 0.3) is 0 Å². The van der Waals surface area contributed by atoms with E-state index < -0.39 is 16.1 Å². The number of sulfonamides is 1. The van der Waals surface area contributed by atoms with Crippen LogP contribution in [-0.2, 0) is 21.2 Å². The number of amides is 1. The average Bonchev–Trinajstić information content (AvgIpc) is 2.54. The van der Waals surface area contributed by atoms with Gasteiger partial charge in [-0.1, -0.05) is 19.1 Å². The second-order valence-electron chi connectivity index (χ2n) is 6.38. The zero-order valence-corrected chi connectivity index (χ0v) is 15.7. The first kappa shape index (κ1) is 18.7. The molecule has 2 rings (SSSR count). The summed E-state index contributed by atoms with van der Waals surface area (Å²) in [5.41, 5.74) is 1.66.